The summed E-state index contributed by atoms with van der Waals surface area (Å²) in [5, 5.41) is 0. The molecule has 2 aromatic carbocycles. The van der Waals surface area contributed by atoms with Crippen molar-refractivity contribution in [2.75, 3.05) is 13.7 Å². The molecule has 1 aliphatic heterocycles. The molecule has 21 heavy (non-hydrogen) atoms. The molecule has 0 aliphatic carbocycles. The Morgan fingerprint density at radius 1 is 1.24 bits per heavy atom. The first-order valence-electron chi connectivity index (χ1n) is 6.49. The predicted octanol–water partition coefficient (Wildman–Crippen LogP) is 4.12. The third-order valence-corrected chi connectivity index (χ3v) is 3.79. The van der Waals surface area contributed by atoms with Gasteiger partial charge in [0, 0.05) is 10.0 Å². The molecule has 3 nitrogen and oxygen atoms in total. The summed E-state index contributed by atoms with van der Waals surface area (Å²) in [7, 11) is 1.62. The molecule has 0 saturated heterocycles. The monoisotopic (exact) mass is 344 g/mol. The summed E-state index contributed by atoms with van der Waals surface area (Å²) in [6.45, 7) is 0.282. The number of carbonyl (C=O) groups excluding carboxylic acids is 1. The molecule has 0 N–H and O–H groups in total. The molecule has 0 radical (unpaired) electrons. The minimum Gasteiger partial charge on any atom is -0.497 e. The number of benzene rings is 2. The maximum Gasteiger partial charge on any atom is 0.196 e. The van der Waals surface area contributed by atoms with Gasteiger partial charge in [-0.25, -0.2) is 0 Å². The molecule has 0 amide bonds. The summed E-state index contributed by atoms with van der Waals surface area (Å²) < 4.78 is 11.7. The largest absolute Gasteiger partial charge is 0.497 e. The van der Waals surface area contributed by atoms with Crippen molar-refractivity contribution < 1.29 is 14.3 Å². The molecular weight excluding hydrogens is 332 g/mol. The van der Waals surface area contributed by atoms with Crippen LogP contribution in [0.5, 0.6) is 11.5 Å². The van der Waals surface area contributed by atoms with Crippen LogP contribution in [0.15, 0.2) is 52.5 Å². The average Bonchev–Trinajstić information content (AvgIpc) is 2.51. The lowest BCUT2D eigenvalue weighted by molar-refractivity contribution is 0.100. The first-order valence-corrected chi connectivity index (χ1v) is 7.28. The second-order valence-corrected chi connectivity index (χ2v) is 5.62. The number of ketones is 1. The zero-order valence-corrected chi connectivity index (χ0v) is 13.0. The van der Waals surface area contributed by atoms with Crippen molar-refractivity contribution in [3.05, 3.63) is 63.6 Å². The van der Waals surface area contributed by atoms with E-state index in [9.17, 15) is 4.79 Å². The van der Waals surface area contributed by atoms with Gasteiger partial charge in [-0.3, -0.25) is 4.79 Å². The zero-order chi connectivity index (χ0) is 14.8. The Balaban J connectivity index is 1.97. The fraction of sp³-hybridized carbons (Fsp3) is 0.118. The number of Topliss-reactive ketones (excluding diaryl/α,β-unsaturated/α-hetero) is 1. The van der Waals surface area contributed by atoms with Gasteiger partial charge in [-0.1, -0.05) is 28.1 Å². The van der Waals surface area contributed by atoms with E-state index in [2.05, 4.69) is 15.9 Å². The van der Waals surface area contributed by atoms with Gasteiger partial charge >= 0.3 is 0 Å². The standard InChI is InChI=1S/C17H13BrO3/c1-20-14-4-2-3-11(8-14)7-12-10-21-16-6-5-13(18)9-15(16)17(12)19/h2-9H,10H2,1H3/b12-7+. The van der Waals surface area contributed by atoms with Gasteiger partial charge in [-0.2, -0.15) is 0 Å². The molecule has 106 valence electrons. The fourth-order valence-corrected chi connectivity index (χ4v) is 2.60. The molecular formula is C17H13BrO3. The molecule has 0 unspecified atom stereocenters. The highest BCUT2D eigenvalue weighted by Gasteiger charge is 2.23. The van der Waals surface area contributed by atoms with E-state index in [1.165, 1.54) is 0 Å². The third-order valence-electron chi connectivity index (χ3n) is 3.30. The Bertz CT molecular complexity index is 735. The van der Waals surface area contributed by atoms with Crippen LogP contribution in [0.1, 0.15) is 15.9 Å². The second-order valence-electron chi connectivity index (χ2n) is 4.70. The van der Waals surface area contributed by atoms with Crippen LogP contribution in [0.2, 0.25) is 0 Å². The Labute approximate surface area is 131 Å². The van der Waals surface area contributed by atoms with Crippen LogP contribution in [-0.2, 0) is 0 Å². The highest BCUT2D eigenvalue weighted by Crippen LogP contribution is 2.30. The summed E-state index contributed by atoms with van der Waals surface area (Å²) in [4.78, 5) is 12.5. The molecule has 0 aromatic heterocycles. The lowest BCUT2D eigenvalue weighted by atomic mass is 9.98. The summed E-state index contributed by atoms with van der Waals surface area (Å²) >= 11 is 3.38. The summed E-state index contributed by atoms with van der Waals surface area (Å²) in [5.74, 6) is 1.39. The minimum absolute atomic E-state index is 0.000342. The Hall–Kier alpha value is -2.07. The molecule has 1 heterocycles. The van der Waals surface area contributed by atoms with Crippen molar-refractivity contribution in [1.29, 1.82) is 0 Å². The number of rotatable bonds is 2. The highest BCUT2D eigenvalue weighted by atomic mass is 79.9. The normalized spacial score (nSPS) is 15.5. The fourth-order valence-electron chi connectivity index (χ4n) is 2.24. The summed E-state index contributed by atoms with van der Waals surface area (Å²) in [6, 6.07) is 13.0. The van der Waals surface area contributed by atoms with Gasteiger partial charge in [0.05, 0.1) is 12.7 Å². The van der Waals surface area contributed by atoms with Gasteiger partial charge in [-0.15, -0.1) is 0 Å². The Morgan fingerprint density at radius 2 is 2.10 bits per heavy atom. The van der Waals surface area contributed by atoms with Gasteiger partial charge in [0.25, 0.3) is 0 Å². The van der Waals surface area contributed by atoms with Crippen LogP contribution < -0.4 is 9.47 Å². The molecule has 0 atom stereocenters. The van der Waals surface area contributed by atoms with Crippen LogP contribution in [0.4, 0.5) is 0 Å². The molecule has 0 saturated carbocycles. The average molecular weight is 345 g/mol. The molecule has 2 aromatic rings. The van der Waals surface area contributed by atoms with Crippen molar-refractivity contribution >= 4 is 27.8 Å². The summed E-state index contributed by atoms with van der Waals surface area (Å²) in [6.07, 6.45) is 1.84. The lowest BCUT2D eigenvalue weighted by Gasteiger charge is -2.19. The van der Waals surface area contributed by atoms with Gasteiger partial charge in [-0.05, 0) is 42.0 Å². The van der Waals surface area contributed by atoms with Crippen molar-refractivity contribution in [3.63, 3.8) is 0 Å². The van der Waals surface area contributed by atoms with E-state index in [-0.39, 0.29) is 12.4 Å². The number of ether oxygens (including phenoxy) is 2. The van der Waals surface area contributed by atoms with Crippen molar-refractivity contribution in [2.45, 2.75) is 0 Å². The van der Waals surface area contributed by atoms with Crippen LogP contribution >= 0.6 is 15.9 Å². The number of halogens is 1. The van der Waals surface area contributed by atoms with Crippen LogP contribution in [0.25, 0.3) is 6.08 Å². The molecule has 4 heteroatoms. The first-order chi connectivity index (χ1) is 10.2. The molecule has 1 aliphatic rings. The maximum absolute atomic E-state index is 12.5. The van der Waals surface area contributed by atoms with Crippen LogP contribution in [-0.4, -0.2) is 19.5 Å². The first kappa shape index (κ1) is 13.9. The molecule has 0 fully saturated rings. The molecule has 0 bridgehead atoms. The van der Waals surface area contributed by atoms with E-state index < -0.39 is 0 Å². The molecule has 3 rings (SSSR count). The quantitative estimate of drug-likeness (QED) is 0.769. The van der Waals surface area contributed by atoms with Gasteiger partial charge < -0.3 is 9.47 Å². The van der Waals surface area contributed by atoms with E-state index in [4.69, 9.17) is 9.47 Å². The van der Waals surface area contributed by atoms with Crippen LogP contribution in [0, 0.1) is 0 Å². The van der Waals surface area contributed by atoms with Crippen molar-refractivity contribution in [3.8, 4) is 11.5 Å². The molecule has 0 spiro atoms. The van der Waals surface area contributed by atoms with Gasteiger partial charge in [0.15, 0.2) is 5.78 Å². The number of methoxy groups -OCH3 is 1. The van der Waals surface area contributed by atoms with E-state index >= 15 is 0 Å². The van der Waals surface area contributed by atoms with Gasteiger partial charge in [0.1, 0.15) is 18.1 Å². The SMILES string of the molecule is COc1cccc(/C=C2\COc3ccc(Br)cc3C2=O)c1. The highest BCUT2D eigenvalue weighted by molar-refractivity contribution is 9.10. The smallest absolute Gasteiger partial charge is 0.196 e. The van der Waals surface area contributed by atoms with E-state index in [0.717, 1.165) is 15.8 Å². The zero-order valence-electron chi connectivity index (χ0n) is 11.4. The lowest BCUT2D eigenvalue weighted by Crippen LogP contribution is -2.19. The van der Waals surface area contributed by atoms with E-state index in [1.807, 2.05) is 36.4 Å². The third kappa shape index (κ3) is 2.85. The minimum atomic E-state index is 0.000342. The summed E-state index contributed by atoms with van der Waals surface area (Å²) in [5.41, 5.74) is 2.14. The number of hydrogen-bond donors (Lipinski definition) is 0. The predicted molar refractivity (Wildman–Crippen MR) is 84.9 cm³/mol. The van der Waals surface area contributed by atoms with E-state index in [1.54, 1.807) is 19.2 Å². The number of fused-ring (bicyclic) bond motifs is 1. The second kappa shape index (κ2) is 5.74. The van der Waals surface area contributed by atoms with Crippen LogP contribution in [0.3, 0.4) is 0 Å². The van der Waals surface area contributed by atoms with Gasteiger partial charge in [0.2, 0.25) is 0 Å². The topological polar surface area (TPSA) is 35.5 Å². The van der Waals surface area contributed by atoms with Crippen molar-refractivity contribution in [2.24, 2.45) is 0 Å². The number of hydrogen-bond acceptors (Lipinski definition) is 3. The van der Waals surface area contributed by atoms with E-state index in [0.29, 0.717) is 16.9 Å². The van der Waals surface area contributed by atoms with Crippen molar-refractivity contribution in [1.82, 2.24) is 0 Å². The number of carbonyl (C=O) groups is 1. The Kier molecular flexibility index (Phi) is 3.80. The maximum atomic E-state index is 12.5. The Morgan fingerprint density at radius 3 is 2.90 bits per heavy atom.